The van der Waals surface area contributed by atoms with Crippen molar-refractivity contribution in [2.75, 3.05) is 51.2 Å². The Bertz CT molecular complexity index is 465. The second kappa shape index (κ2) is 7.95. The van der Waals surface area contributed by atoms with Crippen LogP contribution in [0, 0.1) is 0 Å². The van der Waals surface area contributed by atoms with Crippen molar-refractivity contribution in [2.45, 2.75) is 12.8 Å². The Morgan fingerprint density at radius 2 is 2.24 bits per heavy atom. The van der Waals surface area contributed by atoms with Gasteiger partial charge in [0.25, 0.3) is 5.91 Å². The van der Waals surface area contributed by atoms with E-state index in [2.05, 4.69) is 20.1 Å². The van der Waals surface area contributed by atoms with Crippen LogP contribution in [0.4, 0.5) is 5.69 Å². The van der Waals surface area contributed by atoms with Crippen LogP contribution < -0.4 is 16.0 Å². The van der Waals surface area contributed by atoms with Crippen LogP contribution in [0.15, 0.2) is 18.3 Å². The lowest BCUT2D eigenvalue weighted by Crippen LogP contribution is -2.32. The topological polar surface area (TPSA) is 74.5 Å². The van der Waals surface area contributed by atoms with E-state index in [1.54, 1.807) is 13.2 Å². The molecule has 1 saturated heterocycles. The van der Waals surface area contributed by atoms with Gasteiger partial charge in [-0.2, -0.15) is 0 Å². The number of carbonyl (C=O) groups excluding carboxylic acids is 1. The number of aromatic nitrogens is 1. The third kappa shape index (κ3) is 4.41. The van der Waals surface area contributed by atoms with Gasteiger partial charge in [0.2, 0.25) is 0 Å². The van der Waals surface area contributed by atoms with Gasteiger partial charge in [-0.3, -0.25) is 9.78 Å². The Kier molecular flexibility index (Phi) is 5.95. The first-order valence-corrected chi connectivity index (χ1v) is 7.60. The molecule has 21 heavy (non-hydrogen) atoms. The van der Waals surface area contributed by atoms with Gasteiger partial charge in [0.1, 0.15) is 5.69 Å². The number of pyridine rings is 1. The van der Waals surface area contributed by atoms with Gasteiger partial charge >= 0.3 is 0 Å². The van der Waals surface area contributed by atoms with E-state index in [-0.39, 0.29) is 5.91 Å². The van der Waals surface area contributed by atoms with Crippen molar-refractivity contribution in [2.24, 2.45) is 5.73 Å². The van der Waals surface area contributed by atoms with Crippen LogP contribution >= 0.6 is 0 Å². The minimum atomic E-state index is -0.142. The van der Waals surface area contributed by atoms with Crippen molar-refractivity contribution >= 4 is 11.6 Å². The molecular formula is C15H25N5O. The Morgan fingerprint density at radius 3 is 3.00 bits per heavy atom. The molecule has 3 N–H and O–H groups in total. The summed E-state index contributed by atoms with van der Waals surface area (Å²) >= 11 is 0. The molecule has 0 unspecified atom stereocenters. The third-order valence-electron chi connectivity index (χ3n) is 3.84. The standard InChI is InChI=1S/C15H25N5O/c1-17-15(21)14-12-13(4-6-18-14)20-9-3-8-19(10-11-20)7-2-5-16/h4,6,12H,2-3,5,7-11,16H2,1H3,(H,17,21). The van der Waals surface area contributed by atoms with E-state index < -0.39 is 0 Å². The summed E-state index contributed by atoms with van der Waals surface area (Å²) in [5.41, 5.74) is 7.12. The van der Waals surface area contributed by atoms with Crippen LogP contribution in [0.25, 0.3) is 0 Å². The lowest BCUT2D eigenvalue weighted by atomic mass is 10.2. The maximum atomic E-state index is 11.7. The summed E-state index contributed by atoms with van der Waals surface area (Å²) in [6.45, 7) is 5.96. The molecule has 6 nitrogen and oxygen atoms in total. The zero-order valence-electron chi connectivity index (χ0n) is 12.7. The molecule has 1 aliphatic rings. The van der Waals surface area contributed by atoms with E-state index in [1.165, 1.54) is 0 Å². The number of amides is 1. The molecular weight excluding hydrogens is 266 g/mol. The number of anilines is 1. The summed E-state index contributed by atoms with van der Waals surface area (Å²) in [6, 6.07) is 3.84. The van der Waals surface area contributed by atoms with Gasteiger partial charge in [-0.1, -0.05) is 0 Å². The maximum Gasteiger partial charge on any atom is 0.269 e. The number of hydrogen-bond acceptors (Lipinski definition) is 5. The summed E-state index contributed by atoms with van der Waals surface area (Å²) in [7, 11) is 1.62. The van der Waals surface area contributed by atoms with Gasteiger partial charge in [0.05, 0.1) is 0 Å². The number of carbonyl (C=O) groups is 1. The lowest BCUT2D eigenvalue weighted by molar-refractivity contribution is 0.0958. The van der Waals surface area contributed by atoms with Crippen molar-refractivity contribution in [3.63, 3.8) is 0 Å². The molecule has 2 heterocycles. The van der Waals surface area contributed by atoms with E-state index in [1.807, 2.05) is 12.1 Å². The van der Waals surface area contributed by atoms with E-state index >= 15 is 0 Å². The first kappa shape index (κ1) is 15.7. The average Bonchev–Trinajstić information content (AvgIpc) is 2.78. The molecule has 0 spiro atoms. The zero-order chi connectivity index (χ0) is 15.1. The number of hydrogen-bond donors (Lipinski definition) is 2. The number of nitrogens with zero attached hydrogens (tertiary/aromatic N) is 3. The predicted molar refractivity (Wildman–Crippen MR) is 84.6 cm³/mol. The van der Waals surface area contributed by atoms with Crippen molar-refractivity contribution in [1.29, 1.82) is 0 Å². The first-order chi connectivity index (χ1) is 10.2. The molecule has 0 aliphatic carbocycles. The summed E-state index contributed by atoms with van der Waals surface area (Å²) in [5.74, 6) is -0.142. The second-order valence-corrected chi connectivity index (χ2v) is 5.30. The molecule has 0 aromatic carbocycles. The Hall–Kier alpha value is -1.66. The molecule has 1 aliphatic heterocycles. The van der Waals surface area contributed by atoms with Crippen molar-refractivity contribution < 1.29 is 4.79 Å². The smallest absolute Gasteiger partial charge is 0.269 e. The molecule has 0 saturated carbocycles. The quantitative estimate of drug-likeness (QED) is 0.816. The van der Waals surface area contributed by atoms with Gasteiger partial charge in [-0.15, -0.1) is 0 Å². The minimum Gasteiger partial charge on any atom is -0.370 e. The molecule has 116 valence electrons. The maximum absolute atomic E-state index is 11.7. The molecule has 0 atom stereocenters. The SMILES string of the molecule is CNC(=O)c1cc(N2CCCN(CCCN)CC2)ccn1. The van der Waals surface area contributed by atoms with Crippen molar-refractivity contribution in [3.8, 4) is 0 Å². The Balaban J connectivity index is 2.00. The summed E-state index contributed by atoms with van der Waals surface area (Å²) in [4.78, 5) is 20.6. The van der Waals surface area contributed by atoms with Gasteiger partial charge < -0.3 is 20.9 Å². The highest BCUT2D eigenvalue weighted by molar-refractivity contribution is 5.92. The molecule has 0 bridgehead atoms. The summed E-state index contributed by atoms with van der Waals surface area (Å²) < 4.78 is 0. The van der Waals surface area contributed by atoms with Gasteiger partial charge in [0, 0.05) is 38.6 Å². The van der Waals surface area contributed by atoms with E-state index in [4.69, 9.17) is 5.73 Å². The summed E-state index contributed by atoms with van der Waals surface area (Å²) in [6.07, 6.45) is 3.88. The minimum absolute atomic E-state index is 0.142. The normalized spacial score (nSPS) is 16.6. The molecule has 1 amide bonds. The second-order valence-electron chi connectivity index (χ2n) is 5.30. The predicted octanol–water partition coefficient (Wildman–Crippen LogP) is 0.302. The summed E-state index contributed by atoms with van der Waals surface area (Å²) in [5, 5.41) is 2.61. The highest BCUT2D eigenvalue weighted by Gasteiger charge is 2.16. The Labute approximate surface area is 126 Å². The fraction of sp³-hybridized carbons (Fsp3) is 0.600. The molecule has 6 heteroatoms. The van der Waals surface area contributed by atoms with Gasteiger partial charge in [0.15, 0.2) is 0 Å². The van der Waals surface area contributed by atoms with Crippen molar-refractivity contribution in [1.82, 2.24) is 15.2 Å². The lowest BCUT2D eigenvalue weighted by Gasteiger charge is -2.23. The van der Waals surface area contributed by atoms with E-state index in [0.29, 0.717) is 5.69 Å². The Morgan fingerprint density at radius 1 is 1.38 bits per heavy atom. The highest BCUT2D eigenvalue weighted by Crippen LogP contribution is 2.17. The van der Waals surface area contributed by atoms with Crippen LogP contribution in [0.5, 0.6) is 0 Å². The van der Waals surface area contributed by atoms with Gasteiger partial charge in [-0.25, -0.2) is 0 Å². The molecule has 0 radical (unpaired) electrons. The molecule has 2 rings (SSSR count). The van der Waals surface area contributed by atoms with Gasteiger partial charge in [-0.05, 0) is 44.6 Å². The van der Waals surface area contributed by atoms with Crippen LogP contribution in [-0.4, -0.2) is 62.1 Å². The molecule has 1 fully saturated rings. The largest absolute Gasteiger partial charge is 0.370 e. The monoisotopic (exact) mass is 291 g/mol. The van der Waals surface area contributed by atoms with Crippen LogP contribution in [0.2, 0.25) is 0 Å². The molecule has 1 aromatic heterocycles. The molecule has 1 aromatic rings. The van der Waals surface area contributed by atoms with E-state index in [0.717, 1.165) is 57.8 Å². The van der Waals surface area contributed by atoms with Crippen LogP contribution in [0.1, 0.15) is 23.3 Å². The third-order valence-corrected chi connectivity index (χ3v) is 3.84. The highest BCUT2D eigenvalue weighted by atomic mass is 16.1. The average molecular weight is 291 g/mol. The van der Waals surface area contributed by atoms with Crippen LogP contribution in [0.3, 0.4) is 0 Å². The fourth-order valence-corrected chi connectivity index (χ4v) is 2.64. The number of nitrogens with one attached hydrogen (secondary N) is 1. The zero-order valence-corrected chi connectivity index (χ0v) is 12.7. The van der Waals surface area contributed by atoms with Crippen molar-refractivity contribution in [3.05, 3.63) is 24.0 Å². The fourth-order valence-electron chi connectivity index (χ4n) is 2.64. The first-order valence-electron chi connectivity index (χ1n) is 7.60. The van der Waals surface area contributed by atoms with E-state index in [9.17, 15) is 4.79 Å². The van der Waals surface area contributed by atoms with Crippen LogP contribution in [-0.2, 0) is 0 Å². The number of rotatable bonds is 5. The number of nitrogens with two attached hydrogens (primary N) is 1.